The lowest BCUT2D eigenvalue weighted by molar-refractivity contribution is 0.577. The average Bonchev–Trinajstić information content (AvgIpc) is 2.73. The van der Waals surface area contributed by atoms with Crippen LogP contribution in [0.4, 0.5) is 5.82 Å². The van der Waals surface area contributed by atoms with Crippen LogP contribution in [0.25, 0.3) is 0 Å². The number of aromatic nitrogens is 2. The fourth-order valence-electron chi connectivity index (χ4n) is 1.50. The van der Waals surface area contributed by atoms with Crippen molar-refractivity contribution in [2.75, 3.05) is 5.73 Å². The van der Waals surface area contributed by atoms with Crippen LogP contribution in [0.2, 0.25) is 0 Å². The third-order valence-corrected chi connectivity index (χ3v) is 3.25. The fraction of sp³-hybridized carbons (Fsp3) is 0.300. The summed E-state index contributed by atoms with van der Waals surface area (Å²) in [4.78, 5) is 1.28. The van der Waals surface area contributed by atoms with Crippen molar-refractivity contribution in [3.05, 3.63) is 34.2 Å². The van der Waals surface area contributed by atoms with E-state index in [1.807, 2.05) is 23.7 Å². The molecule has 0 aliphatic rings. The zero-order chi connectivity index (χ0) is 10.1. The molecule has 0 saturated carbocycles. The van der Waals surface area contributed by atoms with Gasteiger partial charge in [0.1, 0.15) is 5.82 Å². The molecular weight excluding hydrogens is 194 g/mol. The van der Waals surface area contributed by atoms with E-state index >= 15 is 0 Å². The van der Waals surface area contributed by atoms with E-state index in [1.165, 1.54) is 4.88 Å². The van der Waals surface area contributed by atoms with Crippen LogP contribution in [0.3, 0.4) is 0 Å². The van der Waals surface area contributed by atoms with E-state index in [1.54, 1.807) is 11.3 Å². The van der Waals surface area contributed by atoms with Crippen molar-refractivity contribution >= 4 is 17.2 Å². The molecule has 1 atom stereocenters. The van der Waals surface area contributed by atoms with Crippen molar-refractivity contribution in [1.82, 2.24) is 9.78 Å². The highest BCUT2D eigenvalue weighted by atomic mass is 32.1. The minimum absolute atomic E-state index is 0.226. The molecule has 2 N–H and O–H groups in total. The Bertz CT molecular complexity index is 417. The molecule has 0 bridgehead atoms. The van der Waals surface area contributed by atoms with E-state index in [9.17, 15) is 0 Å². The van der Waals surface area contributed by atoms with Crippen LogP contribution in [-0.2, 0) is 0 Å². The predicted molar refractivity (Wildman–Crippen MR) is 59.5 cm³/mol. The van der Waals surface area contributed by atoms with Crippen molar-refractivity contribution in [1.29, 1.82) is 0 Å². The number of thiophene rings is 1. The molecule has 0 unspecified atom stereocenters. The van der Waals surface area contributed by atoms with E-state index in [4.69, 9.17) is 5.73 Å². The van der Waals surface area contributed by atoms with Gasteiger partial charge in [0.05, 0.1) is 11.7 Å². The maximum atomic E-state index is 5.85. The van der Waals surface area contributed by atoms with Crippen LogP contribution in [0, 0.1) is 6.92 Å². The minimum Gasteiger partial charge on any atom is -0.384 e. The maximum Gasteiger partial charge on any atom is 0.122 e. The average molecular weight is 207 g/mol. The summed E-state index contributed by atoms with van der Waals surface area (Å²) < 4.78 is 1.86. The third kappa shape index (κ3) is 1.53. The molecule has 4 heteroatoms. The Morgan fingerprint density at radius 1 is 1.57 bits per heavy atom. The summed E-state index contributed by atoms with van der Waals surface area (Å²) in [6.07, 6.45) is 0. The number of nitrogens with two attached hydrogens (primary N) is 1. The van der Waals surface area contributed by atoms with Gasteiger partial charge in [0.25, 0.3) is 0 Å². The van der Waals surface area contributed by atoms with E-state index in [2.05, 4.69) is 23.5 Å². The van der Waals surface area contributed by atoms with E-state index < -0.39 is 0 Å². The standard InChI is InChI=1S/C10H13N3S/c1-7-6-10(11)13(12-7)8(2)9-4-3-5-14-9/h3-6,8H,11H2,1-2H3/t8-/m0/s1. The van der Waals surface area contributed by atoms with Gasteiger partial charge in [0.2, 0.25) is 0 Å². The Morgan fingerprint density at radius 3 is 2.86 bits per heavy atom. The van der Waals surface area contributed by atoms with Crippen LogP contribution in [0.5, 0.6) is 0 Å². The number of anilines is 1. The van der Waals surface area contributed by atoms with Crippen LogP contribution in [-0.4, -0.2) is 9.78 Å². The summed E-state index contributed by atoms with van der Waals surface area (Å²) in [5, 5.41) is 6.43. The number of rotatable bonds is 2. The van der Waals surface area contributed by atoms with Gasteiger partial charge in [0, 0.05) is 10.9 Å². The molecule has 0 saturated heterocycles. The van der Waals surface area contributed by atoms with Gasteiger partial charge in [-0.05, 0) is 25.3 Å². The Labute approximate surface area is 87.2 Å². The minimum atomic E-state index is 0.226. The largest absolute Gasteiger partial charge is 0.384 e. The first kappa shape index (κ1) is 9.27. The molecule has 0 aliphatic heterocycles. The first-order chi connectivity index (χ1) is 6.68. The number of nitrogen functional groups attached to an aromatic ring is 1. The van der Waals surface area contributed by atoms with Gasteiger partial charge in [-0.1, -0.05) is 6.07 Å². The number of nitrogens with zero attached hydrogens (tertiary/aromatic N) is 2. The van der Waals surface area contributed by atoms with E-state index in [0.717, 1.165) is 11.5 Å². The highest BCUT2D eigenvalue weighted by molar-refractivity contribution is 7.10. The monoisotopic (exact) mass is 207 g/mol. The first-order valence-corrected chi connectivity index (χ1v) is 5.41. The van der Waals surface area contributed by atoms with Gasteiger partial charge < -0.3 is 5.73 Å². The summed E-state index contributed by atoms with van der Waals surface area (Å²) in [6.45, 7) is 4.06. The molecule has 0 fully saturated rings. The van der Waals surface area contributed by atoms with Gasteiger partial charge in [-0.25, -0.2) is 4.68 Å². The van der Waals surface area contributed by atoms with Crippen molar-refractivity contribution in [2.24, 2.45) is 0 Å². The molecule has 2 rings (SSSR count). The first-order valence-electron chi connectivity index (χ1n) is 4.53. The molecule has 0 spiro atoms. The second-order valence-electron chi connectivity index (χ2n) is 3.35. The lowest BCUT2D eigenvalue weighted by atomic mass is 10.3. The summed E-state index contributed by atoms with van der Waals surface area (Å²) in [7, 11) is 0. The molecule has 0 aromatic carbocycles. The van der Waals surface area contributed by atoms with Crippen molar-refractivity contribution in [3.63, 3.8) is 0 Å². The highest BCUT2D eigenvalue weighted by Gasteiger charge is 2.12. The zero-order valence-electron chi connectivity index (χ0n) is 8.27. The van der Waals surface area contributed by atoms with Crippen LogP contribution in [0.1, 0.15) is 23.5 Å². The molecule has 0 amide bonds. The molecule has 2 aromatic heterocycles. The zero-order valence-corrected chi connectivity index (χ0v) is 9.08. The lowest BCUT2D eigenvalue weighted by Gasteiger charge is -2.11. The summed E-state index contributed by atoms with van der Waals surface area (Å²) >= 11 is 1.73. The Kier molecular flexibility index (Phi) is 2.29. The molecule has 0 radical (unpaired) electrons. The topological polar surface area (TPSA) is 43.8 Å². The van der Waals surface area contributed by atoms with Crippen LogP contribution >= 0.6 is 11.3 Å². The number of hydrogen-bond acceptors (Lipinski definition) is 3. The molecule has 2 heterocycles. The van der Waals surface area contributed by atoms with Crippen LogP contribution < -0.4 is 5.73 Å². The van der Waals surface area contributed by atoms with Crippen molar-refractivity contribution in [2.45, 2.75) is 19.9 Å². The van der Waals surface area contributed by atoms with Gasteiger partial charge in [-0.3, -0.25) is 0 Å². The second kappa shape index (κ2) is 3.46. The molecule has 14 heavy (non-hydrogen) atoms. The van der Waals surface area contributed by atoms with Crippen molar-refractivity contribution < 1.29 is 0 Å². The molecule has 74 valence electrons. The summed E-state index contributed by atoms with van der Waals surface area (Å²) in [5.41, 5.74) is 6.82. The molecule has 0 aliphatic carbocycles. The number of hydrogen-bond donors (Lipinski definition) is 1. The van der Waals surface area contributed by atoms with Gasteiger partial charge in [-0.2, -0.15) is 5.10 Å². The molecule has 3 nitrogen and oxygen atoms in total. The number of aryl methyl sites for hydroxylation is 1. The quantitative estimate of drug-likeness (QED) is 0.822. The van der Waals surface area contributed by atoms with Gasteiger partial charge in [0.15, 0.2) is 0 Å². The third-order valence-electron chi connectivity index (χ3n) is 2.21. The Hall–Kier alpha value is -1.29. The Balaban J connectivity index is 2.36. The maximum absolute atomic E-state index is 5.85. The van der Waals surface area contributed by atoms with Crippen LogP contribution in [0.15, 0.2) is 23.6 Å². The molecular formula is C10H13N3S. The SMILES string of the molecule is Cc1cc(N)n([C@@H](C)c2cccs2)n1. The van der Waals surface area contributed by atoms with Crippen molar-refractivity contribution in [3.8, 4) is 0 Å². The summed E-state index contributed by atoms with van der Waals surface area (Å²) in [5.74, 6) is 0.725. The molecule has 2 aromatic rings. The summed E-state index contributed by atoms with van der Waals surface area (Å²) in [6, 6.07) is 6.27. The Morgan fingerprint density at radius 2 is 2.36 bits per heavy atom. The smallest absolute Gasteiger partial charge is 0.122 e. The fourth-order valence-corrected chi connectivity index (χ4v) is 2.26. The normalized spacial score (nSPS) is 13.0. The van der Waals surface area contributed by atoms with E-state index in [0.29, 0.717) is 0 Å². The second-order valence-corrected chi connectivity index (χ2v) is 4.33. The van der Waals surface area contributed by atoms with Gasteiger partial charge >= 0.3 is 0 Å². The highest BCUT2D eigenvalue weighted by Crippen LogP contribution is 2.24. The lowest BCUT2D eigenvalue weighted by Crippen LogP contribution is -2.10. The van der Waals surface area contributed by atoms with Gasteiger partial charge in [-0.15, -0.1) is 11.3 Å². The predicted octanol–water partition coefficient (Wildman–Crippen LogP) is 2.44. The van der Waals surface area contributed by atoms with E-state index in [-0.39, 0.29) is 6.04 Å².